The Labute approximate surface area is 204 Å². The molecule has 0 aromatic carbocycles. The molecule has 3 aromatic rings. The van der Waals surface area contributed by atoms with Crippen LogP contribution < -0.4 is 4.90 Å². The number of nitrogens with zero attached hydrogens (tertiary/aromatic N) is 3. The minimum atomic E-state index is -3.51. The average molecular weight is 499 g/mol. The summed E-state index contributed by atoms with van der Waals surface area (Å²) < 4.78 is 36.3. The fourth-order valence-corrected chi connectivity index (χ4v) is 6.59. The molecule has 35 heavy (non-hydrogen) atoms. The summed E-state index contributed by atoms with van der Waals surface area (Å²) >= 11 is 0. The normalized spacial score (nSPS) is 20.9. The van der Waals surface area contributed by atoms with Crippen molar-refractivity contribution in [3.05, 3.63) is 41.6 Å². The molecule has 0 unspecified atom stereocenters. The third-order valence-corrected chi connectivity index (χ3v) is 9.17. The van der Waals surface area contributed by atoms with Crippen LogP contribution in [0.5, 0.6) is 0 Å². The summed E-state index contributed by atoms with van der Waals surface area (Å²) in [5, 5.41) is 0. The van der Waals surface area contributed by atoms with Crippen molar-refractivity contribution in [2.75, 3.05) is 37.6 Å². The highest BCUT2D eigenvalue weighted by molar-refractivity contribution is 7.91. The number of H-pyrrole nitrogens is 1. The minimum absolute atomic E-state index is 0.0321. The maximum absolute atomic E-state index is 13.2. The van der Waals surface area contributed by atoms with Crippen molar-refractivity contribution in [1.29, 1.82) is 0 Å². The number of rotatable bonds is 5. The van der Waals surface area contributed by atoms with Gasteiger partial charge in [-0.05, 0) is 62.1 Å². The molecule has 186 valence electrons. The van der Waals surface area contributed by atoms with Gasteiger partial charge in [-0.3, -0.25) is 9.69 Å². The number of aryl methyl sites for hydroxylation is 1. The van der Waals surface area contributed by atoms with Crippen LogP contribution in [0.1, 0.15) is 37.4 Å². The second-order valence-corrected chi connectivity index (χ2v) is 11.7. The van der Waals surface area contributed by atoms with Gasteiger partial charge in [-0.25, -0.2) is 18.4 Å². The maximum Gasteiger partial charge on any atom is 0.254 e. The summed E-state index contributed by atoms with van der Waals surface area (Å²) in [6.07, 6.45) is 2.64. The molecule has 1 N–H and O–H groups in total. The highest BCUT2D eigenvalue weighted by Crippen LogP contribution is 2.42. The van der Waals surface area contributed by atoms with Crippen molar-refractivity contribution in [2.24, 2.45) is 0 Å². The fourth-order valence-electron chi connectivity index (χ4n) is 5.14. The Balaban J connectivity index is 1.73. The lowest BCUT2D eigenvalue weighted by molar-refractivity contribution is -0.127. The van der Waals surface area contributed by atoms with Gasteiger partial charge >= 0.3 is 0 Å². The molecule has 1 amide bonds. The Kier molecular flexibility index (Phi) is 6.14. The molecule has 1 atom stereocenters. The van der Waals surface area contributed by atoms with E-state index in [9.17, 15) is 13.2 Å². The lowest BCUT2D eigenvalue weighted by atomic mass is 9.90. The second-order valence-electron chi connectivity index (χ2n) is 9.40. The number of sulfone groups is 1. The number of aromatic amines is 1. The third kappa shape index (κ3) is 4.23. The van der Waals surface area contributed by atoms with Gasteiger partial charge in [-0.1, -0.05) is 6.92 Å². The Morgan fingerprint density at radius 3 is 2.60 bits per heavy atom. The van der Waals surface area contributed by atoms with Gasteiger partial charge in [0, 0.05) is 25.2 Å². The number of fused-ring (bicyclic) bond motifs is 1. The monoisotopic (exact) mass is 498 g/mol. The Bertz CT molecular complexity index is 1380. The molecule has 0 spiro atoms. The standard InChI is InChI=1S/C25H30N4O5S/c1-4-18-14-34-15-24(30)29(18)23-13-17(25(35(3,31)32)7-9-33-10-8-25)12-22(28-23)20-6-5-19-21(27-20)11-16(2)26-19/h5-6,11-13,18,26H,4,7-10,14-15H2,1-3H3/t18-/m0/s1. The van der Waals surface area contributed by atoms with Crippen molar-refractivity contribution in [2.45, 2.75) is 43.9 Å². The topological polar surface area (TPSA) is 114 Å². The highest BCUT2D eigenvalue weighted by Gasteiger charge is 2.45. The molecule has 2 aliphatic rings. The number of anilines is 1. The van der Waals surface area contributed by atoms with Crippen LogP contribution in [0, 0.1) is 6.92 Å². The molecule has 9 nitrogen and oxygen atoms in total. The van der Waals surface area contributed by atoms with Gasteiger partial charge in [0.15, 0.2) is 9.84 Å². The number of pyridine rings is 2. The van der Waals surface area contributed by atoms with Crippen LogP contribution in [0.3, 0.4) is 0 Å². The molecule has 10 heteroatoms. The number of hydrogen-bond acceptors (Lipinski definition) is 7. The van der Waals surface area contributed by atoms with Gasteiger partial charge in [-0.2, -0.15) is 0 Å². The van der Waals surface area contributed by atoms with Crippen molar-refractivity contribution in [1.82, 2.24) is 15.0 Å². The molecule has 0 saturated carbocycles. The smallest absolute Gasteiger partial charge is 0.254 e. The van der Waals surface area contributed by atoms with Crippen molar-refractivity contribution in [3.63, 3.8) is 0 Å². The zero-order valence-corrected chi connectivity index (χ0v) is 21.0. The van der Waals surface area contributed by atoms with E-state index >= 15 is 0 Å². The number of ether oxygens (including phenoxy) is 2. The van der Waals surface area contributed by atoms with Crippen LogP contribution in [-0.4, -0.2) is 68.0 Å². The number of hydrogen-bond donors (Lipinski definition) is 1. The van der Waals surface area contributed by atoms with Gasteiger partial charge in [-0.15, -0.1) is 0 Å². The summed E-state index contributed by atoms with van der Waals surface area (Å²) in [5.74, 6) is 0.239. The van der Waals surface area contributed by atoms with Gasteiger partial charge in [0.1, 0.15) is 17.2 Å². The summed E-state index contributed by atoms with van der Waals surface area (Å²) in [6, 6.07) is 9.16. The van der Waals surface area contributed by atoms with Gasteiger partial charge in [0.2, 0.25) is 0 Å². The van der Waals surface area contributed by atoms with E-state index in [0.29, 0.717) is 61.9 Å². The van der Waals surface area contributed by atoms with Crippen LogP contribution in [0.4, 0.5) is 5.82 Å². The summed E-state index contributed by atoms with van der Waals surface area (Å²) in [6.45, 7) is 5.03. The van der Waals surface area contributed by atoms with Gasteiger partial charge in [0.05, 0.1) is 35.1 Å². The number of amides is 1. The molecule has 2 aliphatic heterocycles. The van der Waals surface area contributed by atoms with E-state index < -0.39 is 14.6 Å². The molecule has 0 bridgehead atoms. The molecule has 0 radical (unpaired) electrons. The quantitative estimate of drug-likeness (QED) is 0.575. The molecule has 3 aromatic heterocycles. The van der Waals surface area contributed by atoms with Crippen LogP contribution in [0.15, 0.2) is 30.3 Å². The minimum Gasteiger partial charge on any atom is -0.381 e. The zero-order chi connectivity index (χ0) is 24.8. The van der Waals surface area contributed by atoms with Gasteiger partial charge in [0.25, 0.3) is 5.91 Å². The van der Waals surface area contributed by atoms with Crippen molar-refractivity contribution in [3.8, 4) is 11.4 Å². The van der Waals surface area contributed by atoms with E-state index in [-0.39, 0.29) is 18.6 Å². The first-order valence-corrected chi connectivity index (χ1v) is 13.8. The molecule has 5 rings (SSSR count). The predicted molar refractivity (Wildman–Crippen MR) is 133 cm³/mol. The highest BCUT2D eigenvalue weighted by atomic mass is 32.2. The lowest BCUT2D eigenvalue weighted by Gasteiger charge is -2.38. The van der Waals surface area contributed by atoms with Crippen LogP contribution in [0.25, 0.3) is 22.4 Å². The molecule has 0 aliphatic carbocycles. The molecular weight excluding hydrogens is 468 g/mol. The molecule has 2 fully saturated rings. The average Bonchev–Trinajstić information content (AvgIpc) is 3.22. The van der Waals surface area contributed by atoms with Gasteiger partial charge < -0.3 is 14.5 Å². The zero-order valence-electron chi connectivity index (χ0n) is 20.2. The second kappa shape index (κ2) is 9.00. The number of carbonyl (C=O) groups is 1. The van der Waals surface area contributed by atoms with Crippen molar-refractivity contribution >= 4 is 32.6 Å². The predicted octanol–water partition coefficient (Wildman–Crippen LogP) is 3.13. The van der Waals surface area contributed by atoms with E-state index in [2.05, 4.69) is 4.98 Å². The Morgan fingerprint density at radius 1 is 1.11 bits per heavy atom. The van der Waals surface area contributed by atoms with E-state index in [1.807, 2.05) is 38.1 Å². The van der Waals surface area contributed by atoms with E-state index in [1.54, 1.807) is 11.0 Å². The molecule has 5 heterocycles. The SMILES string of the molecule is CC[C@H]1COCC(=O)N1c1cc(C2(S(C)(=O)=O)CCOCC2)cc(-c2ccc3[nH]c(C)cc3n2)n1. The first-order chi connectivity index (χ1) is 16.7. The summed E-state index contributed by atoms with van der Waals surface area (Å²) in [4.78, 5) is 27.5. The Morgan fingerprint density at radius 2 is 1.89 bits per heavy atom. The van der Waals surface area contributed by atoms with E-state index in [0.717, 1.165) is 16.7 Å². The third-order valence-electron chi connectivity index (χ3n) is 7.11. The summed E-state index contributed by atoms with van der Waals surface area (Å²) in [5.41, 5.74) is 4.46. The van der Waals surface area contributed by atoms with Crippen LogP contribution in [-0.2, 0) is 28.9 Å². The molecule has 2 saturated heterocycles. The van der Waals surface area contributed by atoms with Crippen LogP contribution >= 0.6 is 0 Å². The first kappa shape index (κ1) is 23.9. The van der Waals surface area contributed by atoms with E-state index in [1.165, 1.54) is 6.26 Å². The maximum atomic E-state index is 13.2. The Hall–Kier alpha value is -2.82. The lowest BCUT2D eigenvalue weighted by Crippen LogP contribution is -2.50. The summed E-state index contributed by atoms with van der Waals surface area (Å²) in [7, 11) is -3.51. The van der Waals surface area contributed by atoms with E-state index in [4.69, 9.17) is 19.4 Å². The number of morpholine rings is 1. The van der Waals surface area contributed by atoms with Crippen molar-refractivity contribution < 1.29 is 22.7 Å². The number of aromatic nitrogens is 3. The largest absolute Gasteiger partial charge is 0.381 e. The number of carbonyl (C=O) groups excluding carboxylic acids is 1. The molecular formula is C25H30N4O5S. The number of nitrogens with one attached hydrogen (secondary N) is 1. The van der Waals surface area contributed by atoms with Crippen LogP contribution in [0.2, 0.25) is 0 Å². The fraction of sp³-hybridized carbons (Fsp3) is 0.480. The first-order valence-electron chi connectivity index (χ1n) is 11.9.